The molecular weight excluding hydrogens is 214 g/mol. The van der Waals surface area contributed by atoms with E-state index in [4.69, 9.17) is 6.42 Å². The summed E-state index contributed by atoms with van der Waals surface area (Å²) < 4.78 is 1.07. The third-order valence-electron chi connectivity index (χ3n) is 1.59. The van der Waals surface area contributed by atoms with Crippen molar-refractivity contribution in [2.45, 2.75) is 0 Å². The van der Waals surface area contributed by atoms with E-state index in [2.05, 4.69) is 21.9 Å². The van der Waals surface area contributed by atoms with Gasteiger partial charge in [0.15, 0.2) is 0 Å². The minimum absolute atomic E-state index is 0.628. The first-order chi connectivity index (χ1) is 5.75. The van der Waals surface area contributed by atoms with Crippen LogP contribution in [0.5, 0.6) is 0 Å². The van der Waals surface area contributed by atoms with E-state index in [9.17, 15) is 0 Å². The molecule has 0 bridgehead atoms. The standard InChI is InChI=1S/C10H10BrN/c1-3-8-12(2)10-7-5-4-6-9(10)11/h1,4-7H,8H2,2H3. The lowest BCUT2D eigenvalue weighted by molar-refractivity contribution is 1.05. The molecule has 62 valence electrons. The van der Waals surface area contributed by atoms with Crippen molar-refractivity contribution < 1.29 is 0 Å². The number of hydrogen-bond acceptors (Lipinski definition) is 1. The minimum Gasteiger partial charge on any atom is -0.363 e. The number of para-hydroxylation sites is 1. The van der Waals surface area contributed by atoms with Crippen LogP contribution in [-0.2, 0) is 0 Å². The summed E-state index contributed by atoms with van der Waals surface area (Å²) in [5.41, 5.74) is 1.12. The third-order valence-corrected chi connectivity index (χ3v) is 2.26. The molecule has 0 N–H and O–H groups in total. The number of rotatable bonds is 2. The molecule has 1 aromatic rings. The second kappa shape index (κ2) is 4.18. The Morgan fingerprint density at radius 3 is 2.75 bits per heavy atom. The molecule has 0 unspecified atom stereocenters. The Bertz CT molecular complexity index is 301. The van der Waals surface area contributed by atoms with Gasteiger partial charge in [-0.15, -0.1) is 6.42 Å². The average molecular weight is 224 g/mol. The lowest BCUT2D eigenvalue weighted by Crippen LogP contribution is -2.17. The van der Waals surface area contributed by atoms with Crippen LogP contribution in [-0.4, -0.2) is 13.6 Å². The van der Waals surface area contributed by atoms with Gasteiger partial charge in [-0.1, -0.05) is 18.1 Å². The second-order valence-corrected chi connectivity index (χ2v) is 3.37. The normalized spacial score (nSPS) is 9.08. The van der Waals surface area contributed by atoms with Gasteiger partial charge in [0.2, 0.25) is 0 Å². The van der Waals surface area contributed by atoms with Crippen molar-refractivity contribution in [1.29, 1.82) is 0 Å². The molecule has 0 heterocycles. The summed E-state index contributed by atoms with van der Waals surface area (Å²) in [7, 11) is 1.97. The van der Waals surface area contributed by atoms with Crippen molar-refractivity contribution in [1.82, 2.24) is 0 Å². The van der Waals surface area contributed by atoms with Gasteiger partial charge in [-0.05, 0) is 28.1 Å². The van der Waals surface area contributed by atoms with Crippen LogP contribution in [0.4, 0.5) is 5.69 Å². The minimum atomic E-state index is 0.628. The Labute approximate surface area is 81.5 Å². The van der Waals surface area contributed by atoms with Gasteiger partial charge in [0.05, 0.1) is 12.2 Å². The summed E-state index contributed by atoms with van der Waals surface area (Å²) in [6.45, 7) is 0.628. The number of anilines is 1. The molecule has 2 heteroatoms. The van der Waals surface area contributed by atoms with Crippen LogP contribution in [0, 0.1) is 12.3 Å². The highest BCUT2D eigenvalue weighted by Crippen LogP contribution is 2.23. The zero-order chi connectivity index (χ0) is 8.97. The van der Waals surface area contributed by atoms with Crippen molar-refractivity contribution in [3.8, 4) is 12.3 Å². The first-order valence-corrected chi connectivity index (χ1v) is 4.44. The van der Waals surface area contributed by atoms with Crippen molar-refractivity contribution in [3.63, 3.8) is 0 Å². The molecule has 1 aromatic carbocycles. The molecule has 0 aliphatic heterocycles. The number of halogens is 1. The fourth-order valence-corrected chi connectivity index (χ4v) is 1.57. The van der Waals surface area contributed by atoms with Crippen LogP contribution in [0.3, 0.4) is 0 Å². The predicted molar refractivity (Wildman–Crippen MR) is 56.2 cm³/mol. The molecule has 1 rings (SSSR count). The number of terminal acetylenes is 1. The molecule has 0 aliphatic rings. The van der Waals surface area contributed by atoms with Gasteiger partial charge in [-0.25, -0.2) is 0 Å². The molecule has 0 amide bonds. The van der Waals surface area contributed by atoms with Crippen molar-refractivity contribution in [2.24, 2.45) is 0 Å². The van der Waals surface area contributed by atoms with E-state index in [1.54, 1.807) is 0 Å². The van der Waals surface area contributed by atoms with Crippen LogP contribution in [0.1, 0.15) is 0 Å². The largest absolute Gasteiger partial charge is 0.363 e. The van der Waals surface area contributed by atoms with E-state index in [0.29, 0.717) is 6.54 Å². The lowest BCUT2D eigenvalue weighted by atomic mass is 10.3. The molecule has 0 spiro atoms. The molecule has 0 atom stereocenters. The summed E-state index contributed by atoms with van der Waals surface area (Å²) in [6, 6.07) is 8.01. The van der Waals surface area contributed by atoms with Crippen LogP contribution in [0.25, 0.3) is 0 Å². The second-order valence-electron chi connectivity index (χ2n) is 2.51. The molecule has 12 heavy (non-hydrogen) atoms. The summed E-state index contributed by atoms with van der Waals surface area (Å²) >= 11 is 3.46. The average Bonchev–Trinajstić information content (AvgIpc) is 2.05. The van der Waals surface area contributed by atoms with Crippen molar-refractivity contribution in [2.75, 3.05) is 18.5 Å². The van der Waals surface area contributed by atoms with E-state index in [-0.39, 0.29) is 0 Å². The summed E-state index contributed by atoms with van der Waals surface area (Å²) in [4.78, 5) is 2.02. The first-order valence-electron chi connectivity index (χ1n) is 3.65. The van der Waals surface area contributed by atoms with E-state index >= 15 is 0 Å². The number of hydrogen-bond donors (Lipinski definition) is 0. The lowest BCUT2D eigenvalue weighted by Gasteiger charge is -2.17. The Balaban J connectivity index is 2.88. The zero-order valence-corrected chi connectivity index (χ0v) is 8.51. The molecule has 1 nitrogen and oxygen atoms in total. The molecule has 0 aliphatic carbocycles. The highest BCUT2D eigenvalue weighted by molar-refractivity contribution is 9.10. The van der Waals surface area contributed by atoms with Crippen molar-refractivity contribution >= 4 is 21.6 Å². The fraction of sp³-hybridized carbons (Fsp3) is 0.200. The predicted octanol–water partition coefficient (Wildman–Crippen LogP) is 2.52. The van der Waals surface area contributed by atoms with Crippen molar-refractivity contribution in [3.05, 3.63) is 28.7 Å². The smallest absolute Gasteiger partial charge is 0.0788 e. The first kappa shape index (κ1) is 9.15. The Morgan fingerprint density at radius 2 is 2.17 bits per heavy atom. The van der Waals surface area contributed by atoms with Gasteiger partial charge in [0, 0.05) is 11.5 Å². The molecule has 0 saturated carbocycles. The quantitative estimate of drug-likeness (QED) is 0.697. The van der Waals surface area contributed by atoms with E-state index in [1.807, 2.05) is 36.2 Å². The van der Waals surface area contributed by atoms with Gasteiger partial charge in [0.1, 0.15) is 0 Å². The van der Waals surface area contributed by atoms with Gasteiger partial charge >= 0.3 is 0 Å². The Kier molecular flexibility index (Phi) is 3.19. The van der Waals surface area contributed by atoms with Gasteiger partial charge in [0.25, 0.3) is 0 Å². The maximum atomic E-state index is 5.21. The van der Waals surface area contributed by atoms with Crippen LogP contribution in [0.2, 0.25) is 0 Å². The van der Waals surface area contributed by atoms with Crippen LogP contribution >= 0.6 is 15.9 Å². The van der Waals surface area contributed by atoms with Crippen LogP contribution in [0.15, 0.2) is 28.7 Å². The molecule has 0 fully saturated rings. The SMILES string of the molecule is C#CCN(C)c1ccccc1Br. The van der Waals surface area contributed by atoms with E-state index < -0.39 is 0 Å². The zero-order valence-electron chi connectivity index (χ0n) is 6.92. The monoisotopic (exact) mass is 223 g/mol. The molecule has 0 aromatic heterocycles. The van der Waals surface area contributed by atoms with Gasteiger partial charge in [-0.3, -0.25) is 0 Å². The topological polar surface area (TPSA) is 3.24 Å². The van der Waals surface area contributed by atoms with Crippen LogP contribution < -0.4 is 4.90 Å². The molecule has 0 radical (unpaired) electrons. The fourth-order valence-electron chi connectivity index (χ4n) is 0.983. The van der Waals surface area contributed by atoms with Gasteiger partial charge < -0.3 is 4.90 Å². The summed E-state index contributed by atoms with van der Waals surface area (Å²) in [5, 5.41) is 0. The molecular formula is C10H10BrN. The maximum absolute atomic E-state index is 5.21. The van der Waals surface area contributed by atoms with E-state index in [0.717, 1.165) is 10.2 Å². The van der Waals surface area contributed by atoms with Gasteiger partial charge in [-0.2, -0.15) is 0 Å². The summed E-state index contributed by atoms with van der Waals surface area (Å²) in [6.07, 6.45) is 5.21. The Hall–Kier alpha value is -0.940. The Morgan fingerprint density at radius 1 is 1.50 bits per heavy atom. The third kappa shape index (κ3) is 2.02. The molecule has 0 saturated heterocycles. The summed E-state index contributed by atoms with van der Waals surface area (Å²) in [5.74, 6) is 2.60. The highest BCUT2D eigenvalue weighted by Gasteiger charge is 2.01. The number of nitrogens with zero attached hydrogens (tertiary/aromatic N) is 1. The maximum Gasteiger partial charge on any atom is 0.0788 e. The number of benzene rings is 1. The van der Waals surface area contributed by atoms with E-state index in [1.165, 1.54) is 0 Å². The highest BCUT2D eigenvalue weighted by atomic mass is 79.9.